The molecule has 5 heterocycles. The van der Waals surface area contributed by atoms with E-state index in [9.17, 15) is 19.2 Å². The fourth-order valence-electron chi connectivity index (χ4n) is 7.47. The molecule has 252 valence electrons. The minimum absolute atomic E-state index is 0.0969. The van der Waals surface area contributed by atoms with Gasteiger partial charge in [-0.05, 0) is 100 Å². The van der Waals surface area contributed by atoms with Gasteiger partial charge >= 0.3 is 0 Å². The highest BCUT2D eigenvalue weighted by Gasteiger charge is 2.44. The molecule has 0 bridgehead atoms. The number of imide groups is 2. The van der Waals surface area contributed by atoms with E-state index in [0.717, 1.165) is 96.7 Å². The Labute approximate surface area is 283 Å². The van der Waals surface area contributed by atoms with Crippen LogP contribution in [0.1, 0.15) is 78.1 Å². The van der Waals surface area contributed by atoms with Gasteiger partial charge in [-0.15, -0.1) is 0 Å². The van der Waals surface area contributed by atoms with E-state index in [1.165, 1.54) is 0 Å². The third-order valence-corrected chi connectivity index (χ3v) is 10.3. The molecule has 0 radical (unpaired) electrons. The van der Waals surface area contributed by atoms with Gasteiger partial charge in [0.05, 0.1) is 46.3 Å². The smallest absolute Gasteiger partial charge is 0.262 e. The topological polar surface area (TPSA) is 163 Å². The molecule has 2 aromatic heterocycles. The number of aromatic nitrogens is 4. The zero-order valence-corrected chi connectivity index (χ0v) is 27.2. The summed E-state index contributed by atoms with van der Waals surface area (Å²) in [6, 6.07) is 11.2. The van der Waals surface area contributed by atoms with E-state index in [0.29, 0.717) is 18.0 Å². The molecule has 0 spiro atoms. The number of carbonyl (C=O) groups excluding carboxylic acids is 4. The van der Waals surface area contributed by atoms with Crippen LogP contribution in [0.5, 0.6) is 0 Å². The van der Waals surface area contributed by atoms with Crippen LogP contribution in [0.3, 0.4) is 0 Å². The molecule has 1 unspecified atom stereocenters. The van der Waals surface area contributed by atoms with Crippen LogP contribution in [0.2, 0.25) is 0 Å². The van der Waals surface area contributed by atoms with E-state index in [4.69, 9.17) is 4.98 Å². The fraction of sp³-hybridized carbons (Fsp3) is 0.417. The molecule has 4 N–H and O–H groups in total. The molecule has 1 saturated carbocycles. The standard InChI is InChI=1S/C36H39N9O4/c46-33-8-7-32(34(47)43-33)45-35(48)27-5-3-24(16-28(27)36(45)49)38-11-1-2-21-14-26(15-21)44-20-22(18-40-44)31-19-39-29-6-4-25(17-30(29)42-31)41-23-9-12-37-13-10-23/h3-6,16-21,23,26,32,37-38,41H,1-2,7-15H2,(H,43,46,47)/t21-,26+,32?. The minimum Gasteiger partial charge on any atom is -0.385 e. The third kappa shape index (κ3) is 6.26. The van der Waals surface area contributed by atoms with Crippen molar-refractivity contribution in [1.29, 1.82) is 0 Å². The Morgan fingerprint density at radius 3 is 2.53 bits per heavy atom. The van der Waals surface area contributed by atoms with Crippen LogP contribution in [0.15, 0.2) is 55.0 Å². The van der Waals surface area contributed by atoms with Gasteiger partial charge in [0.25, 0.3) is 11.8 Å². The fourth-order valence-corrected chi connectivity index (χ4v) is 7.47. The molecule has 4 aliphatic rings. The number of piperidine rings is 2. The summed E-state index contributed by atoms with van der Waals surface area (Å²) in [6.45, 7) is 2.82. The molecule has 3 fully saturated rings. The van der Waals surface area contributed by atoms with Crippen molar-refractivity contribution in [2.45, 2.75) is 69.5 Å². The maximum absolute atomic E-state index is 13.1. The van der Waals surface area contributed by atoms with Crippen molar-refractivity contribution in [3.05, 3.63) is 66.1 Å². The second-order valence-corrected chi connectivity index (χ2v) is 13.6. The quantitative estimate of drug-likeness (QED) is 0.145. The lowest BCUT2D eigenvalue weighted by molar-refractivity contribution is -0.136. The number of nitrogens with one attached hydrogen (secondary N) is 4. The normalized spacial score (nSPS) is 22.6. The van der Waals surface area contributed by atoms with Crippen LogP contribution in [0, 0.1) is 5.92 Å². The predicted octanol–water partition coefficient (Wildman–Crippen LogP) is 3.90. The Bertz CT molecular complexity index is 1950. The van der Waals surface area contributed by atoms with Gasteiger partial charge in [0.15, 0.2) is 0 Å². The Kier molecular flexibility index (Phi) is 8.28. The van der Waals surface area contributed by atoms with Crippen molar-refractivity contribution >= 4 is 46.0 Å². The molecule has 13 heteroatoms. The maximum atomic E-state index is 13.1. The number of rotatable bonds is 10. The van der Waals surface area contributed by atoms with Gasteiger partial charge in [0, 0.05) is 42.1 Å². The maximum Gasteiger partial charge on any atom is 0.262 e. The predicted molar refractivity (Wildman–Crippen MR) is 183 cm³/mol. The first-order chi connectivity index (χ1) is 23.9. The number of hydrogen-bond donors (Lipinski definition) is 4. The van der Waals surface area contributed by atoms with E-state index in [-0.39, 0.29) is 29.9 Å². The first-order valence-electron chi connectivity index (χ1n) is 17.3. The Morgan fingerprint density at radius 2 is 1.69 bits per heavy atom. The van der Waals surface area contributed by atoms with E-state index in [2.05, 4.69) is 54.4 Å². The lowest BCUT2D eigenvalue weighted by atomic mass is 9.77. The van der Waals surface area contributed by atoms with Gasteiger partial charge in [-0.25, -0.2) is 4.98 Å². The molecule has 4 amide bonds. The Hall–Kier alpha value is -5.17. The number of hydrogen-bond acceptors (Lipinski definition) is 10. The monoisotopic (exact) mass is 661 g/mol. The molecule has 1 aliphatic carbocycles. The van der Waals surface area contributed by atoms with E-state index >= 15 is 0 Å². The van der Waals surface area contributed by atoms with Crippen LogP contribution in [-0.2, 0) is 9.59 Å². The van der Waals surface area contributed by atoms with Gasteiger partial charge in [0.2, 0.25) is 11.8 Å². The summed E-state index contributed by atoms with van der Waals surface area (Å²) < 4.78 is 2.06. The van der Waals surface area contributed by atoms with Gasteiger partial charge in [0.1, 0.15) is 6.04 Å². The minimum atomic E-state index is -0.964. The zero-order chi connectivity index (χ0) is 33.5. The summed E-state index contributed by atoms with van der Waals surface area (Å²) in [6.07, 6.45) is 12.4. The zero-order valence-electron chi connectivity index (χ0n) is 27.2. The molecule has 2 saturated heterocycles. The summed E-state index contributed by atoms with van der Waals surface area (Å²) in [4.78, 5) is 60.5. The van der Waals surface area contributed by atoms with Gasteiger partial charge < -0.3 is 16.0 Å². The number of anilines is 2. The second kappa shape index (κ2) is 13.0. The SMILES string of the molecule is O=C1CCC(N2C(=O)c3ccc(NCCC[C@H]4C[C@@H](n5cc(-c6cnc7ccc(NC8CCNCC8)cc7n6)cn5)C4)cc3C2=O)C(=O)N1. The number of benzene rings is 2. The number of carbonyl (C=O) groups is 4. The molecule has 3 aliphatic heterocycles. The molecule has 13 nitrogen and oxygen atoms in total. The molecule has 1 atom stereocenters. The van der Waals surface area contributed by atoms with Gasteiger partial charge in [-0.3, -0.25) is 39.1 Å². The van der Waals surface area contributed by atoms with Crippen LogP contribution < -0.4 is 21.3 Å². The highest BCUT2D eigenvalue weighted by molar-refractivity contribution is 6.23. The molecule has 4 aromatic rings. The van der Waals surface area contributed by atoms with Crippen molar-refractivity contribution in [2.24, 2.45) is 5.92 Å². The summed E-state index contributed by atoms with van der Waals surface area (Å²) in [5, 5.41) is 17.3. The van der Waals surface area contributed by atoms with Crippen LogP contribution in [0.4, 0.5) is 11.4 Å². The Balaban J connectivity index is 0.811. The summed E-state index contributed by atoms with van der Waals surface area (Å²) in [5.41, 5.74) is 5.93. The van der Waals surface area contributed by atoms with E-state index < -0.39 is 23.8 Å². The largest absolute Gasteiger partial charge is 0.385 e. The highest BCUT2D eigenvalue weighted by atomic mass is 16.2. The first kappa shape index (κ1) is 31.1. The second-order valence-electron chi connectivity index (χ2n) is 13.6. The van der Waals surface area contributed by atoms with Gasteiger partial charge in [-0.1, -0.05) is 0 Å². The number of fused-ring (bicyclic) bond motifs is 2. The van der Waals surface area contributed by atoms with Crippen molar-refractivity contribution in [2.75, 3.05) is 30.3 Å². The van der Waals surface area contributed by atoms with E-state index in [1.807, 2.05) is 18.5 Å². The molecule has 2 aromatic carbocycles. The highest BCUT2D eigenvalue weighted by Crippen LogP contribution is 2.40. The third-order valence-electron chi connectivity index (χ3n) is 10.3. The lowest BCUT2D eigenvalue weighted by Crippen LogP contribution is -2.54. The van der Waals surface area contributed by atoms with Crippen molar-refractivity contribution in [1.82, 2.24) is 35.3 Å². The van der Waals surface area contributed by atoms with E-state index in [1.54, 1.807) is 18.2 Å². The van der Waals surface area contributed by atoms with Crippen molar-refractivity contribution in [3.63, 3.8) is 0 Å². The average molecular weight is 662 g/mol. The molecular formula is C36H39N9O4. The number of amides is 4. The summed E-state index contributed by atoms with van der Waals surface area (Å²) >= 11 is 0. The summed E-state index contributed by atoms with van der Waals surface area (Å²) in [7, 11) is 0. The van der Waals surface area contributed by atoms with Crippen LogP contribution in [0.25, 0.3) is 22.3 Å². The first-order valence-corrected chi connectivity index (χ1v) is 17.3. The lowest BCUT2D eigenvalue weighted by Gasteiger charge is -2.35. The average Bonchev–Trinajstić information content (AvgIpc) is 3.66. The van der Waals surface area contributed by atoms with Gasteiger partial charge in [-0.2, -0.15) is 5.10 Å². The molecule has 49 heavy (non-hydrogen) atoms. The molecule has 8 rings (SSSR count). The van der Waals surface area contributed by atoms with Crippen LogP contribution >= 0.6 is 0 Å². The van der Waals surface area contributed by atoms with Crippen molar-refractivity contribution in [3.8, 4) is 11.3 Å². The number of nitrogens with zero attached hydrogens (tertiary/aromatic N) is 5. The molecular weight excluding hydrogens is 622 g/mol. The van der Waals surface area contributed by atoms with Crippen LogP contribution in [-0.4, -0.2) is 80.0 Å². The van der Waals surface area contributed by atoms with Crippen molar-refractivity contribution < 1.29 is 19.2 Å². The Morgan fingerprint density at radius 1 is 0.878 bits per heavy atom. The summed E-state index contributed by atoms with van der Waals surface area (Å²) in [5.74, 6) is -1.37.